The molecule has 0 saturated carbocycles. The topological polar surface area (TPSA) is 9.23 Å². The summed E-state index contributed by atoms with van der Waals surface area (Å²) in [5, 5.41) is 0. The van der Waals surface area contributed by atoms with Gasteiger partial charge >= 0.3 is 0 Å². The second-order valence-electron chi connectivity index (χ2n) is 4.94. The van der Waals surface area contributed by atoms with Crippen molar-refractivity contribution < 1.29 is 4.74 Å². The second kappa shape index (κ2) is 6.68. The molecular formula is C12H23ClO. The zero-order valence-electron chi connectivity index (χ0n) is 9.47. The first kappa shape index (κ1) is 12.3. The van der Waals surface area contributed by atoms with Crippen molar-refractivity contribution in [3.05, 3.63) is 0 Å². The minimum atomic E-state index is 0.722. The van der Waals surface area contributed by atoms with Crippen LogP contribution in [0.2, 0.25) is 0 Å². The van der Waals surface area contributed by atoms with Crippen LogP contribution in [0.15, 0.2) is 0 Å². The highest BCUT2D eigenvalue weighted by Crippen LogP contribution is 2.27. The fourth-order valence-electron chi connectivity index (χ4n) is 2.34. The van der Waals surface area contributed by atoms with Crippen molar-refractivity contribution in [2.45, 2.75) is 39.5 Å². The molecule has 1 aliphatic rings. The second-order valence-corrected chi connectivity index (χ2v) is 5.25. The Morgan fingerprint density at radius 2 is 1.93 bits per heavy atom. The van der Waals surface area contributed by atoms with Crippen LogP contribution < -0.4 is 0 Å². The molecule has 1 heterocycles. The summed E-state index contributed by atoms with van der Waals surface area (Å²) in [5.74, 6) is 3.19. The molecule has 84 valence electrons. The zero-order valence-corrected chi connectivity index (χ0v) is 10.2. The highest BCUT2D eigenvalue weighted by atomic mass is 35.5. The van der Waals surface area contributed by atoms with Gasteiger partial charge in [-0.15, -0.1) is 11.6 Å². The monoisotopic (exact) mass is 218 g/mol. The van der Waals surface area contributed by atoms with Crippen molar-refractivity contribution >= 4 is 11.6 Å². The maximum Gasteiger partial charge on any atom is 0.0468 e. The molecule has 0 amide bonds. The third-order valence-corrected chi connectivity index (χ3v) is 3.47. The lowest BCUT2D eigenvalue weighted by Gasteiger charge is -2.26. The van der Waals surface area contributed by atoms with Crippen molar-refractivity contribution in [2.75, 3.05) is 19.1 Å². The number of halogens is 1. The Labute approximate surface area is 93.2 Å². The van der Waals surface area contributed by atoms with E-state index in [0.717, 1.165) is 36.8 Å². The molecule has 1 saturated heterocycles. The zero-order chi connectivity index (χ0) is 10.4. The van der Waals surface area contributed by atoms with Gasteiger partial charge in [0.2, 0.25) is 0 Å². The Kier molecular flexibility index (Phi) is 5.88. The average Bonchev–Trinajstić information content (AvgIpc) is 2.17. The summed E-state index contributed by atoms with van der Waals surface area (Å²) >= 11 is 6.00. The standard InChI is InChI=1S/C12H23ClO/c1-10(2)7-12(9-13)8-11-3-5-14-6-4-11/h10-12H,3-9H2,1-2H3. The van der Waals surface area contributed by atoms with Crippen LogP contribution in [0.5, 0.6) is 0 Å². The minimum absolute atomic E-state index is 0.722. The summed E-state index contributed by atoms with van der Waals surface area (Å²) < 4.78 is 5.36. The lowest BCUT2D eigenvalue weighted by molar-refractivity contribution is 0.0585. The normalized spacial score (nSPS) is 21.4. The van der Waals surface area contributed by atoms with Gasteiger partial charge in [-0.3, -0.25) is 0 Å². The molecule has 0 spiro atoms. The van der Waals surface area contributed by atoms with Crippen molar-refractivity contribution in [3.8, 4) is 0 Å². The van der Waals surface area contributed by atoms with Gasteiger partial charge in [-0.25, -0.2) is 0 Å². The fourth-order valence-corrected chi connectivity index (χ4v) is 2.59. The quantitative estimate of drug-likeness (QED) is 0.640. The Morgan fingerprint density at radius 3 is 2.43 bits per heavy atom. The predicted octanol–water partition coefficient (Wildman–Crippen LogP) is 3.70. The van der Waals surface area contributed by atoms with Gasteiger partial charge in [0.05, 0.1) is 0 Å². The van der Waals surface area contributed by atoms with Crippen molar-refractivity contribution in [1.29, 1.82) is 0 Å². The lowest BCUT2D eigenvalue weighted by Crippen LogP contribution is -2.20. The summed E-state index contributed by atoms with van der Waals surface area (Å²) in [6.07, 6.45) is 5.07. The number of rotatable bonds is 5. The number of hydrogen-bond acceptors (Lipinski definition) is 1. The summed E-state index contributed by atoms with van der Waals surface area (Å²) in [4.78, 5) is 0. The van der Waals surface area contributed by atoms with Gasteiger partial charge < -0.3 is 4.74 Å². The van der Waals surface area contributed by atoms with E-state index in [9.17, 15) is 0 Å². The summed E-state index contributed by atoms with van der Waals surface area (Å²) in [6, 6.07) is 0. The first-order valence-corrected chi connectivity index (χ1v) is 6.39. The van der Waals surface area contributed by atoms with E-state index in [-0.39, 0.29) is 0 Å². The lowest BCUT2D eigenvalue weighted by atomic mass is 9.86. The maximum absolute atomic E-state index is 6.00. The van der Waals surface area contributed by atoms with Crippen LogP contribution in [-0.2, 0) is 4.74 Å². The fraction of sp³-hybridized carbons (Fsp3) is 1.00. The molecule has 1 unspecified atom stereocenters. The molecule has 0 aromatic rings. The number of alkyl halides is 1. The van der Waals surface area contributed by atoms with E-state index in [2.05, 4.69) is 13.8 Å². The summed E-state index contributed by atoms with van der Waals surface area (Å²) in [7, 11) is 0. The van der Waals surface area contributed by atoms with Crippen molar-refractivity contribution in [2.24, 2.45) is 17.8 Å². The molecule has 2 heteroatoms. The van der Waals surface area contributed by atoms with E-state index in [1.54, 1.807) is 0 Å². The molecule has 0 radical (unpaired) electrons. The first-order valence-electron chi connectivity index (χ1n) is 5.86. The van der Waals surface area contributed by atoms with Gasteiger partial charge in [-0.2, -0.15) is 0 Å². The van der Waals surface area contributed by atoms with Crippen LogP contribution in [0.3, 0.4) is 0 Å². The highest BCUT2D eigenvalue weighted by Gasteiger charge is 2.19. The molecule has 14 heavy (non-hydrogen) atoms. The Balaban J connectivity index is 2.23. The van der Waals surface area contributed by atoms with Crippen molar-refractivity contribution in [1.82, 2.24) is 0 Å². The number of hydrogen-bond donors (Lipinski definition) is 0. The molecule has 0 aromatic heterocycles. The molecule has 1 rings (SSSR count). The molecule has 0 N–H and O–H groups in total. The Morgan fingerprint density at radius 1 is 1.29 bits per heavy atom. The molecule has 0 aliphatic carbocycles. The van der Waals surface area contributed by atoms with Crippen LogP contribution in [0, 0.1) is 17.8 Å². The third kappa shape index (κ3) is 4.65. The van der Waals surface area contributed by atoms with Crippen LogP contribution in [-0.4, -0.2) is 19.1 Å². The van der Waals surface area contributed by atoms with E-state index in [1.165, 1.54) is 25.7 Å². The van der Waals surface area contributed by atoms with Gasteiger partial charge in [0.15, 0.2) is 0 Å². The van der Waals surface area contributed by atoms with Crippen LogP contribution in [0.25, 0.3) is 0 Å². The molecule has 1 atom stereocenters. The third-order valence-electron chi connectivity index (χ3n) is 3.03. The average molecular weight is 219 g/mol. The van der Waals surface area contributed by atoms with Gasteiger partial charge in [0, 0.05) is 19.1 Å². The van der Waals surface area contributed by atoms with Gasteiger partial charge in [-0.05, 0) is 43.4 Å². The van der Waals surface area contributed by atoms with E-state index < -0.39 is 0 Å². The SMILES string of the molecule is CC(C)CC(CCl)CC1CCOCC1. The Bertz CT molecular complexity index is 141. The largest absolute Gasteiger partial charge is 0.381 e. The smallest absolute Gasteiger partial charge is 0.0468 e. The number of ether oxygens (including phenoxy) is 1. The first-order chi connectivity index (χ1) is 6.72. The van der Waals surface area contributed by atoms with Crippen LogP contribution >= 0.6 is 11.6 Å². The van der Waals surface area contributed by atoms with Gasteiger partial charge in [0.25, 0.3) is 0 Å². The summed E-state index contributed by atoms with van der Waals surface area (Å²) in [5.41, 5.74) is 0. The predicted molar refractivity (Wildman–Crippen MR) is 61.8 cm³/mol. The van der Waals surface area contributed by atoms with Gasteiger partial charge in [-0.1, -0.05) is 13.8 Å². The molecule has 0 bridgehead atoms. The summed E-state index contributed by atoms with van der Waals surface area (Å²) in [6.45, 7) is 6.48. The van der Waals surface area contributed by atoms with E-state index in [0.29, 0.717) is 0 Å². The van der Waals surface area contributed by atoms with E-state index in [4.69, 9.17) is 16.3 Å². The van der Waals surface area contributed by atoms with E-state index >= 15 is 0 Å². The highest BCUT2D eigenvalue weighted by molar-refractivity contribution is 6.18. The minimum Gasteiger partial charge on any atom is -0.381 e. The molecule has 1 nitrogen and oxygen atoms in total. The van der Waals surface area contributed by atoms with Crippen LogP contribution in [0.1, 0.15) is 39.5 Å². The Hall–Kier alpha value is 0.250. The maximum atomic E-state index is 6.00. The molecular weight excluding hydrogens is 196 g/mol. The molecule has 0 aromatic carbocycles. The van der Waals surface area contributed by atoms with Crippen LogP contribution in [0.4, 0.5) is 0 Å². The van der Waals surface area contributed by atoms with Gasteiger partial charge in [0.1, 0.15) is 0 Å². The molecule has 1 aliphatic heterocycles. The van der Waals surface area contributed by atoms with E-state index in [1.807, 2.05) is 0 Å². The van der Waals surface area contributed by atoms with Crippen molar-refractivity contribution in [3.63, 3.8) is 0 Å². The molecule has 1 fully saturated rings.